The number of aromatic hydroxyl groups is 1. The number of aromatic nitrogens is 2. The first-order valence-electron chi connectivity index (χ1n) is 8.43. The van der Waals surface area contributed by atoms with E-state index in [1.54, 1.807) is 24.3 Å². The van der Waals surface area contributed by atoms with Crippen molar-refractivity contribution in [3.05, 3.63) is 64.5 Å². The summed E-state index contributed by atoms with van der Waals surface area (Å²) in [5, 5.41) is 10.9. The van der Waals surface area contributed by atoms with Crippen molar-refractivity contribution in [2.75, 3.05) is 0 Å². The average molecular weight is 347 g/mol. The largest absolute Gasteiger partial charge is 0.506 e. The first-order valence-corrected chi connectivity index (χ1v) is 8.43. The summed E-state index contributed by atoms with van der Waals surface area (Å²) in [6.45, 7) is 2.83. The van der Waals surface area contributed by atoms with Crippen LogP contribution >= 0.6 is 0 Å². The van der Waals surface area contributed by atoms with Gasteiger partial charge in [-0.05, 0) is 30.7 Å². The Labute approximate surface area is 149 Å². The summed E-state index contributed by atoms with van der Waals surface area (Å²) in [5.41, 5.74) is 1.53. The van der Waals surface area contributed by atoms with Crippen LogP contribution in [0.2, 0.25) is 0 Å². The number of imidazole rings is 1. The van der Waals surface area contributed by atoms with Crippen molar-refractivity contribution in [3.63, 3.8) is 0 Å². The number of hydrogen-bond donors (Lipinski definition) is 1. The summed E-state index contributed by atoms with van der Waals surface area (Å²) in [6, 6.07) is 14.6. The SMILES string of the molecule is CCCn1c(N=Cc2c(O)c3ccccc3oc2=O)nc2ccccc21. The van der Waals surface area contributed by atoms with Crippen LogP contribution in [-0.2, 0) is 6.54 Å². The zero-order chi connectivity index (χ0) is 18.1. The van der Waals surface area contributed by atoms with E-state index in [1.165, 1.54) is 6.21 Å². The standard InChI is InChI=1S/C20H17N3O3/c1-2-11-23-16-9-5-4-8-15(16)22-20(23)21-12-14-18(24)13-7-3-6-10-17(13)26-19(14)25/h3-10,12,24H,2,11H2,1H3. The minimum atomic E-state index is -0.636. The van der Waals surface area contributed by atoms with E-state index in [1.807, 2.05) is 28.8 Å². The van der Waals surface area contributed by atoms with E-state index in [9.17, 15) is 9.90 Å². The maximum Gasteiger partial charge on any atom is 0.348 e. The predicted octanol–water partition coefficient (Wildman–Crippen LogP) is 4.01. The van der Waals surface area contributed by atoms with Crippen LogP contribution in [-0.4, -0.2) is 20.9 Å². The van der Waals surface area contributed by atoms with E-state index < -0.39 is 5.63 Å². The van der Waals surface area contributed by atoms with Gasteiger partial charge >= 0.3 is 5.63 Å². The van der Waals surface area contributed by atoms with Crippen LogP contribution in [0.4, 0.5) is 5.95 Å². The predicted molar refractivity (Wildman–Crippen MR) is 101 cm³/mol. The molecule has 4 rings (SSSR count). The quantitative estimate of drug-likeness (QED) is 0.447. The van der Waals surface area contributed by atoms with E-state index in [-0.39, 0.29) is 11.3 Å². The normalized spacial score (nSPS) is 11.7. The molecule has 0 aliphatic rings. The van der Waals surface area contributed by atoms with Gasteiger partial charge in [0.2, 0.25) is 5.95 Å². The number of fused-ring (bicyclic) bond motifs is 2. The number of nitrogens with zero attached hydrogens (tertiary/aromatic N) is 3. The molecular weight excluding hydrogens is 330 g/mol. The van der Waals surface area contributed by atoms with Crippen molar-refractivity contribution in [2.24, 2.45) is 4.99 Å². The summed E-state index contributed by atoms with van der Waals surface area (Å²) in [6.07, 6.45) is 2.24. The molecule has 6 heteroatoms. The summed E-state index contributed by atoms with van der Waals surface area (Å²) in [7, 11) is 0. The smallest absolute Gasteiger partial charge is 0.348 e. The Morgan fingerprint density at radius 3 is 2.81 bits per heavy atom. The van der Waals surface area contributed by atoms with Crippen LogP contribution in [0.15, 0.2) is 62.7 Å². The van der Waals surface area contributed by atoms with Gasteiger partial charge in [0.15, 0.2) is 0 Å². The van der Waals surface area contributed by atoms with Crippen molar-refractivity contribution in [1.29, 1.82) is 0 Å². The van der Waals surface area contributed by atoms with Crippen LogP contribution < -0.4 is 5.63 Å². The summed E-state index contributed by atoms with van der Waals surface area (Å²) >= 11 is 0. The molecule has 1 N–H and O–H groups in total. The Morgan fingerprint density at radius 2 is 1.96 bits per heavy atom. The Balaban J connectivity index is 1.84. The molecule has 0 radical (unpaired) electrons. The average Bonchev–Trinajstić information content (AvgIpc) is 3.00. The number of benzene rings is 2. The summed E-state index contributed by atoms with van der Waals surface area (Å²) in [5.74, 6) is 0.346. The molecule has 0 bridgehead atoms. The number of hydrogen-bond acceptors (Lipinski definition) is 5. The van der Waals surface area contributed by atoms with Gasteiger partial charge in [0.1, 0.15) is 16.9 Å². The molecule has 0 saturated carbocycles. The van der Waals surface area contributed by atoms with Crippen LogP contribution in [0, 0.1) is 0 Å². The first kappa shape index (κ1) is 16.1. The molecule has 0 atom stereocenters. The minimum Gasteiger partial charge on any atom is -0.506 e. The van der Waals surface area contributed by atoms with Crippen LogP contribution in [0.5, 0.6) is 5.75 Å². The van der Waals surface area contributed by atoms with Crippen molar-refractivity contribution in [2.45, 2.75) is 19.9 Å². The Hall–Kier alpha value is -3.41. The van der Waals surface area contributed by atoms with E-state index in [2.05, 4.69) is 16.9 Å². The lowest BCUT2D eigenvalue weighted by molar-refractivity contribution is 0.466. The molecule has 0 spiro atoms. The van der Waals surface area contributed by atoms with Crippen molar-refractivity contribution < 1.29 is 9.52 Å². The molecule has 4 aromatic rings. The minimum absolute atomic E-state index is 0.0128. The molecule has 0 fully saturated rings. The molecule has 0 aliphatic heterocycles. The highest BCUT2D eigenvalue weighted by molar-refractivity contribution is 5.94. The molecule has 26 heavy (non-hydrogen) atoms. The van der Waals surface area contributed by atoms with Gasteiger partial charge in [-0.15, -0.1) is 0 Å². The van der Waals surface area contributed by atoms with Gasteiger partial charge in [0.05, 0.1) is 16.4 Å². The van der Waals surface area contributed by atoms with Gasteiger partial charge in [-0.3, -0.25) is 0 Å². The Bertz CT molecular complexity index is 1190. The molecule has 2 aromatic heterocycles. The van der Waals surface area contributed by atoms with E-state index >= 15 is 0 Å². The monoisotopic (exact) mass is 347 g/mol. The molecule has 0 saturated heterocycles. The van der Waals surface area contributed by atoms with Crippen molar-refractivity contribution in [3.8, 4) is 5.75 Å². The Morgan fingerprint density at radius 1 is 1.19 bits per heavy atom. The molecular formula is C20H17N3O3. The van der Waals surface area contributed by atoms with Crippen molar-refractivity contribution in [1.82, 2.24) is 9.55 Å². The topological polar surface area (TPSA) is 80.6 Å². The summed E-state index contributed by atoms with van der Waals surface area (Å²) in [4.78, 5) is 21.1. The third-order valence-corrected chi connectivity index (χ3v) is 4.21. The second-order valence-corrected chi connectivity index (χ2v) is 5.96. The Kier molecular flexibility index (Phi) is 4.01. The molecule has 2 aromatic carbocycles. The fourth-order valence-electron chi connectivity index (χ4n) is 2.99. The molecule has 6 nitrogen and oxygen atoms in total. The van der Waals surface area contributed by atoms with Crippen LogP contribution in [0.25, 0.3) is 22.0 Å². The van der Waals surface area contributed by atoms with E-state index in [0.29, 0.717) is 16.9 Å². The zero-order valence-electron chi connectivity index (χ0n) is 14.2. The second-order valence-electron chi connectivity index (χ2n) is 5.96. The maximum atomic E-state index is 12.2. The third-order valence-electron chi connectivity index (χ3n) is 4.21. The maximum absolute atomic E-state index is 12.2. The molecule has 130 valence electrons. The van der Waals surface area contributed by atoms with E-state index in [4.69, 9.17) is 4.42 Å². The van der Waals surface area contributed by atoms with Gasteiger partial charge in [-0.1, -0.05) is 31.2 Å². The van der Waals surface area contributed by atoms with Crippen LogP contribution in [0.1, 0.15) is 18.9 Å². The second kappa shape index (κ2) is 6.48. The number of para-hydroxylation sites is 3. The lowest BCUT2D eigenvalue weighted by Crippen LogP contribution is -2.07. The summed E-state index contributed by atoms with van der Waals surface area (Å²) < 4.78 is 7.26. The molecule has 0 unspecified atom stereocenters. The highest BCUT2D eigenvalue weighted by Crippen LogP contribution is 2.26. The van der Waals surface area contributed by atoms with Gasteiger partial charge in [-0.2, -0.15) is 0 Å². The lowest BCUT2D eigenvalue weighted by atomic mass is 10.1. The highest BCUT2D eigenvalue weighted by atomic mass is 16.4. The number of rotatable bonds is 4. The van der Waals surface area contributed by atoms with Crippen molar-refractivity contribution >= 4 is 34.2 Å². The fourth-order valence-corrected chi connectivity index (χ4v) is 2.99. The first-order chi connectivity index (χ1) is 12.7. The van der Waals surface area contributed by atoms with Gasteiger partial charge in [0, 0.05) is 12.8 Å². The van der Waals surface area contributed by atoms with Gasteiger partial charge < -0.3 is 14.1 Å². The van der Waals surface area contributed by atoms with Gasteiger partial charge in [-0.25, -0.2) is 14.8 Å². The molecule has 0 amide bonds. The zero-order valence-corrected chi connectivity index (χ0v) is 14.2. The number of aliphatic imine (C=N–C) groups is 1. The third kappa shape index (κ3) is 2.65. The highest BCUT2D eigenvalue weighted by Gasteiger charge is 2.13. The lowest BCUT2D eigenvalue weighted by Gasteiger charge is -2.04. The van der Waals surface area contributed by atoms with Crippen LogP contribution in [0.3, 0.4) is 0 Å². The van der Waals surface area contributed by atoms with E-state index in [0.717, 1.165) is 24.0 Å². The fraction of sp³-hybridized carbons (Fsp3) is 0.150. The molecule has 2 heterocycles. The van der Waals surface area contributed by atoms with Gasteiger partial charge in [0.25, 0.3) is 0 Å². The molecule has 0 aliphatic carbocycles. The number of aryl methyl sites for hydroxylation is 1.